The Balaban J connectivity index is 2.18. The number of nitrogens with zero attached hydrogens (tertiary/aromatic N) is 2. The maximum Gasteiger partial charge on any atom is 0.276 e. The van der Waals surface area contributed by atoms with Crippen LogP contribution in [0.1, 0.15) is 19.2 Å². The smallest absolute Gasteiger partial charge is 0.276 e. The molecule has 1 aromatic rings. The van der Waals surface area contributed by atoms with Crippen LogP contribution in [-0.4, -0.2) is 28.4 Å². The summed E-state index contributed by atoms with van der Waals surface area (Å²) in [6.07, 6.45) is 0.472. The lowest BCUT2D eigenvalue weighted by molar-refractivity contribution is -0.120. The van der Waals surface area contributed by atoms with Crippen LogP contribution in [0.3, 0.4) is 0 Å². The van der Waals surface area contributed by atoms with Crippen molar-refractivity contribution in [2.24, 2.45) is 0 Å². The van der Waals surface area contributed by atoms with Crippen LogP contribution in [0.4, 0.5) is 0 Å². The second kappa shape index (κ2) is 5.64. The van der Waals surface area contributed by atoms with Gasteiger partial charge in [0.05, 0.1) is 0 Å². The molecule has 1 rings (SSSR count). The number of hydrogen-bond donors (Lipinski definition) is 1. The van der Waals surface area contributed by atoms with E-state index in [9.17, 15) is 4.79 Å². The molecule has 0 atom stereocenters. The Morgan fingerprint density at radius 2 is 2.36 bits per heavy atom. The second-order valence-electron chi connectivity index (χ2n) is 2.64. The van der Waals surface area contributed by atoms with E-state index in [4.69, 9.17) is 4.42 Å². The first-order chi connectivity index (χ1) is 6.72. The van der Waals surface area contributed by atoms with Crippen molar-refractivity contribution in [2.75, 3.05) is 12.3 Å². The Kier molecular flexibility index (Phi) is 4.45. The number of nitrogens with one attached hydrogen (secondary N) is 1. The van der Waals surface area contributed by atoms with Gasteiger partial charge >= 0.3 is 0 Å². The molecule has 0 aliphatic rings. The number of carbonyl (C=O) groups excluding carboxylic acids is 1. The summed E-state index contributed by atoms with van der Waals surface area (Å²) in [4.78, 5) is 11.0. The van der Waals surface area contributed by atoms with Crippen molar-refractivity contribution in [2.45, 2.75) is 25.5 Å². The largest absolute Gasteiger partial charge is 0.416 e. The van der Waals surface area contributed by atoms with Crippen LogP contribution in [0.2, 0.25) is 0 Å². The number of hydrogen-bond acceptors (Lipinski definition) is 5. The maximum absolute atomic E-state index is 11.0. The number of rotatable bonds is 5. The van der Waals surface area contributed by atoms with Crippen molar-refractivity contribution < 1.29 is 9.21 Å². The molecule has 0 saturated carbocycles. The number of aromatic nitrogens is 2. The maximum atomic E-state index is 11.0. The van der Waals surface area contributed by atoms with Crippen LogP contribution in [0.25, 0.3) is 0 Å². The lowest BCUT2D eigenvalue weighted by Gasteiger charge is -1.99. The molecule has 0 aliphatic carbocycles. The molecule has 0 aliphatic heterocycles. The molecule has 78 valence electrons. The zero-order valence-corrected chi connectivity index (χ0v) is 9.06. The van der Waals surface area contributed by atoms with Gasteiger partial charge in [0.1, 0.15) is 0 Å². The molecule has 1 N–H and O–H groups in total. The zero-order chi connectivity index (χ0) is 10.4. The molecule has 0 radical (unpaired) electrons. The van der Waals surface area contributed by atoms with E-state index in [0.717, 1.165) is 0 Å². The topological polar surface area (TPSA) is 68.0 Å². The quantitative estimate of drug-likeness (QED) is 0.742. The van der Waals surface area contributed by atoms with Crippen molar-refractivity contribution in [3.05, 3.63) is 5.89 Å². The fourth-order valence-electron chi connectivity index (χ4n) is 0.853. The average Bonchev–Trinajstić information content (AvgIpc) is 2.52. The standard InChI is InChI=1S/C8H13N3O2S/c1-3-9-7(12)4-5-14-8-11-10-6(2)13-8/h3-5H2,1-2H3,(H,9,12). The first-order valence-electron chi connectivity index (χ1n) is 4.42. The van der Waals surface area contributed by atoms with Crippen molar-refractivity contribution in [3.63, 3.8) is 0 Å². The summed E-state index contributed by atoms with van der Waals surface area (Å²) < 4.78 is 5.13. The molecule has 6 heteroatoms. The highest BCUT2D eigenvalue weighted by Gasteiger charge is 2.04. The van der Waals surface area contributed by atoms with Gasteiger partial charge in [0.25, 0.3) is 5.22 Å². The highest BCUT2D eigenvalue weighted by Crippen LogP contribution is 2.16. The Labute approximate surface area is 86.7 Å². The molecular formula is C8H13N3O2S. The lowest BCUT2D eigenvalue weighted by Crippen LogP contribution is -2.22. The Morgan fingerprint density at radius 3 is 2.93 bits per heavy atom. The van der Waals surface area contributed by atoms with Gasteiger partial charge in [-0.25, -0.2) is 0 Å². The minimum atomic E-state index is 0.0521. The van der Waals surface area contributed by atoms with Gasteiger partial charge in [-0.2, -0.15) is 0 Å². The third-order valence-corrected chi connectivity index (χ3v) is 2.26. The minimum absolute atomic E-state index is 0.0521. The van der Waals surface area contributed by atoms with Crippen LogP contribution in [0, 0.1) is 6.92 Å². The van der Waals surface area contributed by atoms with Crippen molar-refractivity contribution in [3.8, 4) is 0 Å². The van der Waals surface area contributed by atoms with Gasteiger partial charge in [-0.3, -0.25) is 4.79 Å². The first kappa shape index (κ1) is 11.0. The molecule has 0 spiro atoms. The fraction of sp³-hybridized carbons (Fsp3) is 0.625. The summed E-state index contributed by atoms with van der Waals surface area (Å²) in [5.74, 6) is 1.26. The molecule has 14 heavy (non-hydrogen) atoms. The minimum Gasteiger partial charge on any atom is -0.416 e. The molecule has 5 nitrogen and oxygen atoms in total. The number of carbonyl (C=O) groups is 1. The average molecular weight is 215 g/mol. The highest BCUT2D eigenvalue weighted by molar-refractivity contribution is 7.99. The fourth-order valence-corrected chi connectivity index (χ4v) is 1.59. The van der Waals surface area contributed by atoms with E-state index in [1.807, 2.05) is 6.92 Å². The van der Waals surface area contributed by atoms with Gasteiger partial charge in [0.2, 0.25) is 11.8 Å². The molecule has 0 fully saturated rings. The van der Waals surface area contributed by atoms with E-state index in [2.05, 4.69) is 15.5 Å². The predicted octanol–water partition coefficient (Wildman–Crippen LogP) is 0.996. The van der Waals surface area contributed by atoms with E-state index in [1.165, 1.54) is 11.8 Å². The third-order valence-electron chi connectivity index (χ3n) is 1.44. The predicted molar refractivity (Wildman–Crippen MR) is 53.1 cm³/mol. The molecule has 0 unspecified atom stereocenters. The van der Waals surface area contributed by atoms with E-state index in [0.29, 0.717) is 29.8 Å². The Hall–Kier alpha value is -1.04. The first-order valence-corrected chi connectivity index (χ1v) is 5.40. The van der Waals surface area contributed by atoms with Crippen LogP contribution in [0.15, 0.2) is 9.64 Å². The van der Waals surface area contributed by atoms with Gasteiger partial charge in [0, 0.05) is 25.6 Å². The summed E-state index contributed by atoms with van der Waals surface area (Å²) in [5, 5.41) is 10.7. The lowest BCUT2D eigenvalue weighted by atomic mass is 10.4. The molecule has 0 aromatic carbocycles. The Bertz CT molecular complexity index is 301. The van der Waals surface area contributed by atoms with Gasteiger partial charge in [0.15, 0.2) is 0 Å². The van der Waals surface area contributed by atoms with Crippen LogP contribution < -0.4 is 5.32 Å². The molecule has 1 amide bonds. The van der Waals surface area contributed by atoms with Crippen molar-refractivity contribution in [1.82, 2.24) is 15.5 Å². The monoisotopic (exact) mass is 215 g/mol. The highest BCUT2D eigenvalue weighted by atomic mass is 32.2. The summed E-state index contributed by atoms with van der Waals surface area (Å²) in [6, 6.07) is 0. The molecule has 0 saturated heterocycles. The van der Waals surface area contributed by atoms with E-state index in [-0.39, 0.29) is 5.91 Å². The summed E-state index contributed by atoms with van der Waals surface area (Å²) >= 11 is 1.39. The van der Waals surface area contributed by atoms with Crippen LogP contribution in [-0.2, 0) is 4.79 Å². The summed E-state index contributed by atoms with van der Waals surface area (Å²) in [5.41, 5.74) is 0. The summed E-state index contributed by atoms with van der Waals surface area (Å²) in [6.45, 7) is 4.30. The van der Waals surface area contributed by atoms with E-state index < -0.39 is 0 Å². The molecule has 0 bridgehead atoms. The van der Waals surface area contributed by atoms with Crippen LogP contribution in [0.5, 0.6) is 0 Å². The number of amides is 1. The van der Waals surface area contributed by atoms with Gasteiger partial charge < -0.3 is 9.73 Å². The zero-order valence-electron chi connectivity index (χ0n) is 8.24. The van der Waals surface area contributed by atoms with Gasteiger partial charge in [-0.15, -0.1) is 10.2 Å². The van der Waals surface area contributed by atoms with Crippen molar-refractivity contribution >= 4 is 17.7 Å². The molecule has 1 heterocycles. The molecule has 1 aromatic heterocycles. The van der Waals surface area contributed by atoms with Crippen LogP contribution >= 0.6 is 11.8 Å². The van der Waals surface area contributed by atoms with Crippen molar-refractivity contribution in [1.29, 1.82) is 0 Å². The number of thioether (sulfide) groups is 1. The number of aryl methyl sites for hydroxylation is 1. The second-order valence-corrected chi connectivity index (χ2v) is 3.69. The normalized spacial score (nSPS) is 10.1. The molecular weight excluding hydrogens is 202 g/mol. The Morgan fingerprint density at radius 1 is 1.57 bits per heavy atom. The van der Waals surface area contributed by atoms with E-state index in [1.54, 1.807) is 6.92 Å². The van der Waals surface area contributed by atoms with Gasteiger partial charge in [-0.1, -0.05) is 11.8 Å². The van der Waals surface area contributed by atoms with E-state index >= 15 is 0 Å². The summed E-state index contributed by atoms with van der Waals surface area (Å²) in [7, 11) is 0. The SMILES string of the molecule is CCNC(=O)CCSc1nnc(C)o1. The third kappa shape index (κ3) is 3.78. The van der Waals surface area contributed by atoms with Gasteiger partial charge in [-0.05, 0) is 6.92 Å².